The summed E-state index contributed by atoms with van der Waals surface area (Å²) in [5, 5.41) is 13.7. The van der Waals surface area contributed by atoms with E-state index in [1.165, 1.54) is 0 Å². The molecule has 3 N–H and O–H groups in total. The van der Waals surface area contributed by atoms with Crippen molar-refractivity contribution in [2.24, 2.45) is 5.73 Å². The molecule has 1 aromatic heterocycles. The molecule has 9 heteroatoms. The molecule has 0 aromatic carbocycles. The number of urea groups is 1. The van der Waals surface area contributed by atoms with Gasteiger partial charge in [0.15, 0.2) is 0 Å². The van der Waals surface area contributed by atoms with Crippen molar-refractivity contribution in [2.75, 3.05) is 5.75 Å². The molecule has 0 radical (unpaired) electrons. The third-order valence-electron chi connectivity index (χ3n) is 1.67. The average molecular weight is 258 g/mol. The molecular weight excluding hydrogens is 244 g/mol. The van der Waals surface area contributed by atoms with Crippen LogP contribution in [0.3, 0.4) is 0 Å². The van der Waals surface area contributed by atoms with Gasteiger partial charge in [-0.25, -0.2) is 9.48 Å². The van der Waals surface area contributed by atoms with Crippen LogP contribution in [-0.4, -0.2) is 37.9 Å². The maximum Gasteiger partial charge on any atom is 0.318 e. The van der Waals surface area contributed by atoms with E-state index in [-0.39, 0.29) is 11.3 Å². The van der Waals surface area contributed by atoms with Gasteiger partial charge in [0.25, 0.3) is 0 Å². The number of tetrazole rings is 1. The number of primary amides is 1. The Balaban J connectivity index is 2.61. The van der Waals surface area contributed by atoms with Crippen molar-refractivity contribution in [1.29, 1.82) is 0 Å². The van der Waals surface area contributed by atoms with Crippen LogP contribution in [0.25, 0.3) is 0 Å². The first kappa shape index (κ1) is 13.4. The minimum Gasteiger partial charge on any atom is -0.351 e. The number of rotatable bonds is 3. The first-order valence-electron chi connectivity index (χ1n) is 4.81. The standard InChI is InChI=1S/C8H14N6O2S/c1-8(2,3)14-7(11-12-13-14)17-4-5(15)10-6(9)16/h4H2,1-3H3,(H3,9,10,15,16). The number of carbonyl (C=O) groups excluding carboxylic acids is 2. The number of imide groups is 1. The van der Waals surface area contributed by atoms with Gasteiger partial charge in [-0.05, 0) is 31.2 Å². The van der Waals surface area contributed by atoms with Crippen LogP contribution in [-0.2, 0) is 10.3 Å². The van der Waals surface area contributed by atoms with E-state index in [0.717, 1.165) is 11.8 Å². The van der Waals surface area contributed by atoms with Gasteiger partial charge < -0.3 is 5.73 Å². The number of amides is 3. The number of hydrogen-bond donors (Lipinski definition) is 2. The van der Waals surface area contributed by atoms with Gasteiger partial charge in [0.05, 0.1) is 11.3 Å². The first-order chi connectivity index (χ1) is 7.80. The van der Waals surface area contributed by atoms with Gasteiger partial charge >= 0.3 is 6.03 Å². The molecule has 94 valence electrons. The molecule has 1 rings (SSSR count). The fraction of sp³-hybridized carbons (Fsp3) is 0.625. The summed E-state index contributed by atoms with van der Waals surface area (Å²) in [6.45, 7) is 5.82. The Bertz CT molecular complexity index is 424. The number of nitrogens with one attached hydrogen (secondary N) is 1. The molecule has 0 spiro atoms. The van der Waals surface area contributed by atoms with E-state index in [2.05, 4.69) is 15.5 Å². The summed E-state index contributed by atoms with van der Waals surface area (Å²) >= 11 is 1.14. The van der Waals surface area contributed by atoms with Crippen molar-refractivity contribution >= 4 is 23.7 Å². The van der Waals surface area contributed by atoms with Gasteiger partial charge in [-0.2, -0.15) is 0 Å². The summed E-state index contributed by atoms with van der Waals surface area (Å²) in [5.74, 6) is -0.453. The molecule has 0 fully saturated rings. The lowest BCUT2D eigenvalue weighted by molar-refractivity contribution is -0.117. The van der Waals surface area contributed by atoms with Crippen LogP contribution in [0.2, 0.25) is 0 Å². The fourth-order valence-corrected chi connectivity index (χ4v) is 1.85. The molecule has 3 amide bonds. The predicted molar refractivity (Wildman–Crippen MR) is 61.3 cm³/mol. The van der Waals surface area contributed by atoms with Crippen LogP contribution in [0.1, 0.15) is 20.8 Å². The normalized spacial score (nSPS) is 11.2. The van der Waals surface area contributed by atoms with Crippen LogP contribution in [0.15, 0.2) is 5.16 Å². The molecule has 0 saturated heterocycles. The predicted octanol–water partition coefficient (Wildman–Crippen LogP) is -0.285. The van der Waals surface area contributed by atoms with Gasteiger partial charge in [0, 0.05) is 0 Å². The molecule has 0 aliphatic carbocycles. The van der Waals surface area contributed by atoms with Crippen LogP contribution in [0.5, 0.6) is 0 Å². The van der Waals surface area contributed by atoms with Crippen LogP contribution < -0.4 is 11.1 Å². The molecule has 0 aliphatic heterocycles. The Kier molecular flexibility index (Phi) is 4.05. The molecule has 0 unspecified atom stereocenters. The lowest BCUT2D eigenvalue weighted by atomic mass is 10.1. The number of aromatic nitrogens is 4. The molecule has 0 bridgehead atoms. The molecule has 8 nitrogen and oxygen atoms in total. The molecule has 0 atom stereocenters. The molecule has 0 aliphatic rings. The van der Waals surface area contributed by atoms with Gasteiger partial charge in [-0.15, -0.1) is 5.10 Å². The van der Waals surface area contributed by atoms with Crippen LogP contribution in [0, 0.1) is 0 Å². The van der Waals surface area contributed by atoms with Crippen molar-refractivity contribution in [3.05, 3.63) is 0 Å². The van der Waals surface area contributed by atoms with Crippen LogP contribution >= 0.6 is 11.8 Å². The molecular formula is C8H14N6O2S. The van der Waals surface area contributed by atoms with E-state index < -0.39 is 11.9 Å². The highest BCUT2D eigenvalue weighted by molar-refractivity contribution is 7.99. The van der Waals surface area contributed by atoms with E-state index >= 15 is 0 Å². The van der Waals surface area contributed by atoms with Crippen molar-refractivity contribution in [1.82, 2.24) is 25.5 Å². The third-order valence-corrected chi connectivity index (χ3v) is 2.59. The summed E-state index contributed by atoms with van der Waals surface area (Å²) in [7, 11) is 0. The second-order valence-electron chi connectivity index (χ2n) is 4.25. The lowest BCUT2D eigenvalue weighted by Crippen LogP contribution is -2.36. The molecule has 0 saturated carbocycles. The highest BCUT2D eigenvalue weighted by atomic mass is 32.2. The molecule has 1 heterocycles. The minimum atomic E-state index is -0.869. The largest absolute Gasteiger partial charge is 0.351 e. The van der Waals surface area contributed by atoms with Gasteiger partial charge in [0.2, 0.25) is 11.1 Å². The van der Waals surface area contributed by atoms with E-state index in [9.17, 15) is 9.59 Å². The maximum absolute atomic E-state index is 11.2. The summed E-state index contributed by atoms with van der Waals surface area (Å²) in [5.41, 5.74) is 4.54. The second kappa shape index (κ2) is 5.13. The maximum atomic E-state index is 11.2. The molecule has 17 heavy (non-hydrogen) atoms. The fourth-order valence-electron chi connectivity index (χ4n) is 0.994. The Morgan fingerprint density at radius 1 is 1.47 bits per heavy atom. The number of nitrogens with two attached hydrogens (primary N) is 1. The van der Waals surface area contributed by atoms with E-state index in [0.29, 0.717) is 5.16 Å². The van der Waals surface area contributed by atoms with E-state index in [4.69, 9.17) is 5.73 Å². The highest BCUT2D eigenvalue weighted by Gasteiger charge is 2.20. The zero-order chi connectivity index (χ0) is 13.1. The Morgan fingerprint density at radius 2 is 2.12 bits per heavy atom. The average Bonchev–Trinajstić information content (AvgIpc) is 2.60. The van der Waals surface area contributed by atoms with Gasteiger partial charge in [-0.1, -0.05) is 11.8 Å². The Labute approximate surface area is 102 Å². The number of carbonyl (C=O) groups is 2. The van der Waals surface area contributed by atoms with Gasteiger partial charge in [0.1, 0.15) is 0 Å². The SMILES string of the molecule is CC(C)(C)n1nnnc1SCC(=O)NC(N)=O. The van der Waals surface area contributed by atoms with Crippen LogP contribution in [0.4, 0.5) is 4.79 Å². The zero-order valence-electron chi connectivity index (χ0n) is 9.80. The van der Waals surface area contributed by atoms with E-state index in [1.54, 1.807) is 4.68 Å². The highest BCUT2D eigenvalue weighted by Crippen LogP contribution is 2.20. The second-order valence-corrected chi connectivity index (χ2v) is 5.19. The monoisotopic (exact) mass is 258 g/mol. The third kappa shape index (κ3) is 4.02. The number of thioether (sulfide) groups is 1. The first-order valence-corrected chi connectivity index (χ1v) is 5.80. The topological polar surface area (TPSA) is 116 Å². The van der Waals surface area contributed by atoms with Gasteiger partial charge in [-0.3, -0.25) is 10.1 Å². The van der Waals surface area contributed by atoms with Crippen molar-refractivity contribution in [3.63, 3.8) is 0 Å². The quantitative estimate of drug-likeness (QED) is 0.720. The number of hydrogen-bond acceptors (Lipinski definition) is 6. The summed E-state index contributed by atoms with van der Waals surface area (Å²) in [4.78, 5) is 21.6. The minimum absolute atomic E-state index is 0.0272. The summed E-state index contributed by atoms with van der Waals surface area (Å²) in [6, 6.07) is -0.869. The summed E-state index contributed by atoms with van der Waals surface area (Å²) in [6.07, 6.45) is 0. The smallest absolute Gasteiger partial charge is 0.318 e. The van der Waals surface area contributed by atoms with Crippen molar-refractivity contribution in [3.8, 4) is 0 Å². The lowest BCUT2D eigenvalue weighted by Gasteiger charge is -2.19. The van der Waals surface area contributed by atoms with Crippen molar-refractivity contribution in [2.45, 2.75) is 31.5 Å². The zero-order valence-corrected chi connectivity index (χ0v) is 10.6. The number of nitrogens with zero attached hydrogens (tertiary/aromatic N) is 4. The Morgan fingerprint density at radius 3 is 2.65 bits per heavy atom. The molecule has 1 aromatic rings. The Hall–Kier alpha value is -1.64. The van der Waals surface area contributed by atoms with E-state index in [1.807, 2.05) is 26.1 Å². The summed E-state index contributed by atoms with van der Waals surface area (Å²) < 4.78 is 1.61. The van der Waals surface area contributed by atoms with Crippen molar-refractivity contribution < 1.29 is 9.59 Å².